The van der Waals surface area contributed by atoms with Crippen molar-refractivity contribution < 1.29 is 22.4 Å². The van der Waals surface area contributed by atoms with Gasteiger partial charge in [-0.3, -0.25) is 4.79 Å². The fourth-order valence-electron chi connectivity index (χ4n) is 3.28. The summed E-state index contributed by atoms with van der Waals surface area (Å²) in [6.07, 6.45) is -3.32. The molecule has 1 fully saturated rings. The molecule has 0 atom stereocenters. The van der Waals surface area contributed by atoms with Gasteiger partial charge in [-0.2, -0.15) is 17.9 Å². The summed E-state index contributed by atoms with van der Waals surface area (Å²) >= 11 is 0. The average Bonchev–Trinajstić information content (AvgIpc) is 3.43. The number of benzene rings is 2. The first kappa shape index (κ1) is 21.1. The summed E-state index contributed by atoms with van der Waals surface area (Å²) < 4.78 is 54.9. The van der Waals surface area contributed by atoms with Crippen molar-refractivity contribution >= 4 is 5.78 Å². The number of carbonyl (C=O) groups is 1. The molecule has 31 heavy (non-hydrogen) atoms. The molecule has 0 spiro atoms. The average molecular weight is 432 g/mol. The number of hydrogen-bond donors (Lipinski definition) is 0. The summed E-state index contributed by atoms with van der Waals surface area (Å²) in [5.41, 5.74) is -0.408. The predicted molar refractivity (Wildman–Crippen MR) is 105 cm³/mol. The van der Waals surface area contributed by atoms with Gasteiger partial charge < -0.3 is 0 Å². The van der Waals surface area contributed by atoms with Crippen molar-refractivity contribution in [2.24, 2.45) is 5.41 Å². The lowest BCUT2D eigenvalue weighted by Gasteiger charge is -2.27. The molecular formula is C22H20F4N4O. The van der Waals surface area contributed by atoms with Crippen molar-refractivity contribution in [1.29, 1.82) is 0 Å². The zero-order valence-electron chi connectivity index (χ0n) is 16.9. The largest absolute Gasteiger partial charge is 0.394 e. The zero-order valence-corrected chi connectivity index (χ0v) is 16.9. The van der Waals surface area contributed by atoms with Crippen LogP contribution in [0.5, 0.6) is 0 Å². The molecule has 9 heteroatoms. The SMILES string of the molecule is CC(C)(CC(=O)c1cc(-c2ccc(F)cc2)cc(-n2nnnc2C2CC2)c1)C(F)(F)F. The van der Waals surface area contributed by atoms with E-state index in [1.807, 2.05) is 0 Å². The van der Waals surface area contributed by atoms with Gasteiger partial charge in [0.05, 0.1) is 11.1 Å². The van der Waals surface area contributed by atoms with Crippen LogP contribution in [0, 0.1) is 11.2 Å². The minimum Gasteiger partial charge on any atom is -0.294 e. The molecule has 5 nitrogen and oxygen atoms in total. The molecule has 1 aromatic heterocycles. The van der Waals surface area contributed by atoms with Gasteiger partial charge in [0.1, 0.15) is 5.82 Å². The number of carbonyl (C=O) groups excluding carboxylic acids is 1. The van der Waals surface area contributed by atoms with Crippen molar-refractivity contribution in [1.82, 2.24) is 20.2 Å². The van der Waals surface area contributed by atoms with E-state index in [1.165, 1.54) is 28.9 Å². The highest BCUT2D eigenvalue weighted by molar-refractivity contribution is 5.98. The van der Waals surface area contributed by atoms with Crippen LogP contribution in [0.3, 0.4) is 0 Å². The van der Waals surface area contributed by atoms with Gasteiger partial charge >= 0.3 is 6.18 Å². The first-order valence-corrected chi connectivity index (χ1v) is 9.85. The highest BCUT2D eigenvalue weighted by Gasteiger charge is 2.48. The summed E-state index contributed by atoms with van der Waals surface area (Å²) in [7, 11) is 0. The molecule has 1 saturated carbocycles. The van der Waals surface area contributed by atoms with Gasteiger partial charge in [-0.25, -0.2) is 4.39 Å². The second-order valence-corrected chi connectivity index (χ2v) is 8.48. The first-order chi connectivity index (χ1) is 14.5. The van der Waals surface area contributed by atoms with Crippen LogP contribution >= 0.6 is 0 Å². The van der Waals surface area contributed by atoms with Crippen LogP contribution in [0.4, 0.5) is 17.6 Å². The van der Waals surface area contributed by atoms with Crippen molar-refractivity contribution in [2.45, 2.75) is 45.2 Å². The fourth-order valence-corrected chi connectivity index (χ4v) is 3.28. The Morgan fingerprint density at radius 3 is 2.35 bits per heavy atom. The Hall–Kier alpha value is -3.10. The van der Waals surface area contributed by atoms with Crippen molar-refractivity contribution in [2.75, 3.05) is 0 Å². The first-order valence-electron chi connectivity index (χ1n) is 9.85. The quantitative estimate of drug-likeness (QED) is 0.381. The number of Topliss-reactive ketones (excluding diaryl/α,β-unsaturated/α-hetero) is 1. The standard InChI is InChI=1S/C22H20F4N4O/c1-21(2,22(24,25)26)12-19(31)16-9-15(13-5-7-17(23)8-6-13)10-18(11-16)30-20(14-3-4-14)27-28-29-30/h5-11,14H,3-4,12H2,1-2H3. The number of tetrazole rings is 1. The minimum absolute atomic E-state index is 0.117. The second-order valence-electron chi connectivity index (χ2n) is 8.48. The van der Waals surface area contributed by atoms with Crippen LogP contribution in [-0.4, -0.2) is 32.2 Å². The monoisotopic (exact) mass is 432 g/mol. The Bertz CT molecular complexity index is 1120. The zero-order chi connectivity index (χ0) is 22.4. The van der Waals surface area contributed by atoms with E-state index in [0.29, 0.717) is 22.6 Å². The number of halogens is 4. The normalized spacial score (nSPS) is 14.6. The summed E-state index contributed by atoms with van der Waals surface area (Å²) in [5, 5.41) is 11.8. The van der Waals surface area contributed by atoms with Crippen LogP contribution in [0.15, 0.2) is 42.5 Å². The van der Waals surface area contributed by atoms with Gasteiger partial charge in [-0.05, 0) is 64.7 Å². The summed E-state index contributed by atoms with van der Waals surface area (Å²) in [6.45, 7) is 2.00. The molecule has 0 radical (unpaired) electrons. The lowest BCUT2D eigenvalue weighted by Crippen LogP contribution is -2.34. The number of aromatic nitrogens is 4. The van der Waals surface area contributed by atoms with E-state index >= 15 is 0 Å². The molecule has 1 aliphatic carbocycles. The van der Waals surface area contributed by atoms with E-state index in [2.05, 4.69) is 15.5 Å². The molecule has 162 valence electrons. The number of hydrogen-bond acceptors (Lipinski definition) is 4. The third-order valence-electron chi connectivity index (χ3n) is 5.47. The second kappa shape index (κ2) is 7.55. The maximum atomic E-state index is 13.4. The molecule has 0 saturated heterocycles. The van der Waals surface area contributed by atoms with Crippen LogP contribution in [0.1, 0.15) is 55.2 Å². The maximum absolute atomic E-state index is 13.4. The molecule has 2 aromatic carbocycles. The molecule has 3 aromatic rings. The van der Waals surface area contributed by atoms with E-state index in [9.17, 15) is 22.4 Å². The third-order valence-corrected chi connectivity index (χ3v) is 5.47. The number of rotatable bonds is 6. The number of nitrogens with zero attached hydrogens (tertiary/aromatic N) is 4. The van der Waals surface area contributed by atoms with Gasteiger partial charge in [0.2, 0.25) is 0 Å². The topological polar surface area (TPSA) is 60.7 Å². The summed E-state index contributed by atoms with van der Waals surface area (Å²) in [6, 6.07) is 10.4. The lowest BCUT2D eigenvalue weighted by molar-refractivity contribution is -0.209. The molecule has 1 aliphatic rings. The van der Waals surface area contributed by atoms with Gasteiger partial charge in [-0.15, -0.1) is 5.10 Å². The smallest absolute Gasteiger partial charge is 0.294 e. The van der Waals surface area contributed by atoms with Crippen molar-refractivity contribution in [3.63, 3.8) is 0 Å². The third kappa shape index (κ3) is 4.35. The van der Waals surface area contributed by atoms with Crippen LogP contribution in [0.25, 0.3) is 16.8 Å². The van der Waals surface area contributed by atoms with Crippen molar-refractivity contribution in [3.05, 3.63) is 59.7 Å². The van der Waals surface area contributed by atoms with Crippen LogP contribution in [0.2, 0.25) is 0 Å². The van der Waals surface area contributed by atoms with Crippen molar-refractivity contribution in [3.8, 4) is 16.8 Å². The van der Waals surface area contributed by atoms with Gasteiger partial charge in [0.25, 0.3) is 0 Å². The highest BCUT2D eigenvalue weighted by atomic mass is 19.4. The summed E-state index contributed by atoms with van der Waals surface area (Å²) in [4.78, 5) is 12.9. The van der Waals surface area contributed by atoms with E-state index in [1.54, 1.807) is 18.2 Å². The maximum Gasteiger partial charge on any atom is 0.394 e. The number of ketones is 1. The van der Waals surface area contributed by atoms with Crippen LogP contribution < -0.4 is 0 Å². The molecule has 0 amide bonds. The predicted octanol–water partition coefficient (Wildman–Crippen LogP) is 5.51. The van der Waals surface area contributed by atoms with E-state index in [4.69, 9.17) is 0 Å². The molecule has 4 rings (SSSR count). The van der Waals surface area contributed by atoms with Crippen LogP contribution in [-0.2, 0) is 0 Å². The number of alkyl halides is 3. The van der Waals surface area contributed by atoms with Gasteiger partial charge in [0, 0.05) is 17.9 Å². The summed E-state index contributed by atoms with van der Waals surface area (Å²) in [5.74, 6) is -0.203. The van der Waals surface area contributed by atoms with E-state index in [-0.39, 0.29) is 11.5 Å². The fraction of sp³-hybridized carbons (Fsp3) is 0.364. The molecule has 0 bridgehead atoms. The van der Waals surface area contributed by atoms with Gasteiger partial charge in [0.15, 0.2) is 11.6 Å². The van der Waals surface area contributed by atoms with Gasteiger partial charge in [-0.1, -0.05) is 26.0 Å². The molecule has 1 heterocycles. The molecule has 0 unspecified atom stereocenters. The molecular weight excluding hydrogens is 412 g/mol. The Balaban J connectivity index is 1.79. The molecule has 0 aliphatic heterocycles. The Kier molecular flexibility index (Phi) is 5.15. The highest BCUT2D eigenvalue weighted by Crippen LogP contribution is 2.42. The van der Waals surface area contributed by atoms with E-state index in [0.717, 1.165) is 26.7 Å². The Morgan fingerprint density at radius 2 is 1.74 bits per heavy atom. The Morgan fingerprint density at radius 1 is 1.06 bits per heavy atom. The Labute approximate surface area is 176 Å². The lowest BCUT2D eigenvalue weighted by atomic mass is 9.84. The van der Waals surface area contributed by atoms with E-state index < -0.39 is 29.6 Å². The molecule has 0 N–H and O–H groups in total. The minimum atomic E-state index is -4.52.